The van der Waals surface area contributed by atoms with Crippen LogP contribution < -0.4 is 0 Å². The van der Waals surface area contributed by atoms with Crippen molar-refractivity contribution in [2.45, 2.75) is 94.7 Å². The van der Waals surface area contributed by atoms with Gasteiger partial charge in [-0.3, -0.25) is 0 Å². The third-order valence-corrected chi connectivity index (χ3v) is 15.1. The maximum atomic E-state index is 11.9. The monoisotopic (exact) mass is 392 g/mol. The second-order valence-electron chi connectivity index (χ2n) is 10.7. The number of rotatable bonds is 5. The Bertz CT molecular complexity index is 605. The zero-order chi connectivity index (χ0) is 20.1. The van der Waals surface area contributed by atoms with E-state index in [0.717, 1.165) is 25.7 Å². The van der Waals surface area contributed by atoms with E-state index in [1.54, 1.807) is 7.11 Å². The molecule has 0 saturated heterocycles. The number of ether oxygens (including phenoxy) is 2. The molecule has 2 saturated carbocycles. The smallest absolute Gasteiger partial charge is 0.147 e. The van der Waals surface area contributed by atoms with Crippen molar-refractivity contribution in [2.75, 3.05) is 13.9 Å². The van der Waals surface area contributed by atoms with Crippen molar-refractivity contribution in [3.63, 3.8) is 0 Å². The molecular weight excluding hydrogens is 352 g/mol. The quantitative estimate of drug-likeness (QED) is 0.371. The van der Waals surface area contributed by atoms with Crippen molar-refractivity contribution in [3.8, 4) is 0 Å². The van der Waals surface area contributed by atoms with Crippen molar-refractivity contribution in [1.82, 2.24) is 0 Å². The second-order valence-corrected chi connectivity index (χ2v) is 16.4. The molecule has 0 aromatic carbocycles. The Labute approximate surface area is 167 Å². The summed E-state index contributed by atoms with van der Waals surface area (Å²) in [7, 11) is 0.00817. The molecule has 27 heavy (non-hydrogen) atoms. The van der Waals surface area contributed by atoms with Crippen LogP contribution in [0.1, 0.15) is 59.3 Å². The van der Waals surface area contributed by atoms with E-state index in [4.69, 9.17) is 9.47 Å². The fourth-order valence-electron chi connectivity index (χ4n) is 6.39. The molecule has 154 valence electrons. The van der Waals surface area contributed by atoms with E-state index >= 15 is 0 Å². The molecule has 0 aromatic rings. The van der Waals surface area contributed by atoms with Crippen LogP contribution in [0, 0.1) is 11.3 Å². The first-order chi connectivity index (χ1) is 12.5. The van der Waals surface area contributed by atoms with Gasteiger partial charge < -0.3 is 14.6 Å². The van der Waals surface area contributed by atoms with E-state index in [0.29, 0.717) is 23.3 Å². The second kappa shape index (κ2) is 7.12. The standard InChI is InChI=1S/C23H40O3Si/c1-8-22(24)12-9-10-20(27(6,7)21(2,3)4)23(22)13-11-17-14-18(15-19(17)23)26-16-25-5/h8,15,17-18,20,24H,1,9-14,16H2,2-7H3/t17?,18-,20-,22+,23+/m0/s1. The molecule has 0 amide bonds. The predicted octanol–water partition coefficient (Wildman–Crippen LogP) is 5.68. The van der Waals surface area contributed by atoms with Crippen LogP contribution in [0.15, 0.2) is 24.3 Å². The van der Waals surface area contributed by atoms with E-state index in [-0.39, 0.29) is 11.5 Å². The average Bonchev–Trinajstić information content (AvgIpc) is 3.15. The first kappa shape index (κ1) is 21.3. The highest BCUT2D eigenvalue weighted by Gasteiger charge is 2.66. The van der Waals surface area contributed by atoms with Gasteiger partial charge in [0.2, 0.25) is 0 Å². The highest BCUT2D eigenvalue weighted by atomic mass is 28.3. The number of aliphatic hydroxyl groups is 1. The number of hydrogen-bond donors (Lipinski definition) is 1. The molecule has 0 aromatic heterocycles. The van der Waals surface area contributed by atoms with Gasteiger partial charge in [-0.15, -0.1) is 6.58 Å². The summed E-state index contributed by atoms with van der Waals surface area (Å²) in [5, 5.41) is 12.2. The Morgan fingerprint density at radius 2 is 2.00 bits per heavy atom. The summed E-state index contributed by atoms with van der Waals surface area (Å²) >= 11 is 0. The van der Waals surface area contributed by atoms with Crippen molar-refractivity contribution in [2.24, 2.45) is 11.3 Å². The molecule has 3 aliphatic carbocycles. The van der Waals surface area contributed by atoms with Crippen LogP contribution in [0.3, 0.4) is 0 Å². The van der Waals surface area contributed by atoms with E-state index in [1.165, 1.54) is 18.4 Å². The SMILES string of the molecule is C=C[C@@]1(O)CCC[C@H]([Si](C)(C)C(C)(C)C)[C@]12CCC1C[C@H](OCOC)C=C12. The first-order valence-corrected chi connectivity index (χ1v) is 13.8. The molecule has 2 fully saturated rings. The largest absolute Gasteiger partial charge is 0.385 e. The molecule has 0 aliphatic heterocycles. The Hall–Kier alpha value is -0.423. The topological polar surface area (TPSA) is 38.7 Å². The number of methoxy groups -OCH3 is 1. The van der Waals surface area contributed by atoms with Crippen LogP contribution >= 0.6 is 0 Å². The van der Waals surface area contributed by atoms with E-state index < -0.39 is 13.7 Å². The summed E-state index contributed by atoms with van der Waals surface area (Å²) in [6, 6.07) is 0. The van der Waals surface area contributed by atoms with Crippen molar-refractivity contribution >= 4 is 8.07 Å². The highest BCUT2D eigenvalue weighted by Crippen LogP contribution is 2.70. The third kappa shape index (κ3) is 3.11. The maximum Gasteiger partial charge on any atom is 0.147 e. The minimum atomic E-state index is -1.67. The van der Waals surface area contributed by atoms with Crippen molar-refractivity contribution in [1.29, 1.82) is 0 Å². The lowest BCUT2D eigenvalue weighted by molar-refractivity contribution is -0.0597. The lowest BCUT2D eigenvalue weighted by atomic mass is 9.59. The Balaban J connectivity index is 2.09. The van der Waals surface area contributed by atoms with Gasteiger partial charge in [0.15, 0.2) is 0 Å². The third-order valence-electron chi connectivity index (χ3n) is 8.68. The lowest BCUT2D eigenvalue weighted by Gasteiger charge is -2.60. The van der Waals surface area contributed by atoms with Gasteiger partial charge in [-0.05, 0) is 42.2 Å². The zero-order valence-electron chi connectivity index (χ0n) is 18.3. The van der Waals surface area contributed by atoms with Gasteiger partial charge in [-0.2, -0.15) is 0 Å². The number of hydrogen-bond acceptors (Lipinski definition) is 3. The van der Waals surface area contributed by atoms with Crippen LogP contribution in [0.2, 0.25) is 23.7 Å². The molecule has 0 radical (unpaired) electrons. The van der Waals surface area contributed by atoms with Gasteiger partial charge >= 0.3 is 0 Å². The van der Waals surface area contributed by atoms with Crippen LogP contribution in [-0.2, 0) is 9.47 Å². The van der Waals surface area contributed by atoms with E-state index in [1.807, 2.05) is 6.08 Å². The van der Waals surface area contributed by atoms with Gasteiger partial charge in [-0.1, -0.05) is 64.4 Å². The molecule has 4 heteroatoms. The normalized spacial score (nSPS) is 39.5. The van der Waals surface area contributed by atoms with Crippen LogP contribution in [0.5, 0.6) is 0 Å². The Kier molecular flexibility index (Phi) is 5.62. The predicted molar refractivity (Wildman–Crippen MR) is 115 cm³/mol. The van der Waals surface area contributed by atoms with Gasteiger partial charge in [0.05, 0.1) is 19.8 Å². The fraction of sp³-hybridized carbons (Fsp3) is 0.826. The number of fused-ring (bicyclic) bond motifs is 2. The Morgan fingerprint density at radius 3 is 2.59 bits per heavy atom. The van der Waals surface area contributed by atoms with E-state index in [2.05, 4.69) is 46.5 Å². The summed E-state index contributed by atoms with van der Waals surface area (Å²) in [6.07, 6.45) is 10.9. The van der Waals surface area contributed by atoms with E-state index in [9.17, 15) is 5.11 Å². The summed E-state index contributed by atoms with van der Waals surface area (Å²) in [4.78, 5) is 0. The Morgan fingerprint density at radius 1 is 1.30 bits per heavy atom. The summed E-state index contributed by atoms with van der Waals surface area (Å²) < 4.78 is 11.1. The summed E-state index contributed by atoms with van der Waals surface area (Å²) in [6.45, 7) is 16.8. The van der Waals surface area contributed by atoms with Crippen LogP contribution in [0.4, 0.5) is 0 Å². The zero-order valence-corrected chi connectivity index (χ0v) is 19.3. The molecule has 1 unspecified atom stereocenters. The average molecular weight is 393 g/mol. The van der Waals surface area contributed by atoms with Gasteiger partial charge in [0.1, 0.15) is 6.79 Å². The maximum absolute atomic E-state index is 11.9. The summed E-state index contributed by atoms with van der Waals surface area (Å²) in [5.41, 5.74) is 1.12. The van der Waals surface area contributed by atoms with Crippen LogP contribution in [0.25, 0.3) is 0 Å². The van der Waals surface area contributed by atoms with Crippen molar-refractivity contribution in [3.05, 3.63) is 24.3 Å². The molecule has 0 bridgehead atoms. The minimum absolute atomic E-state index is 0.123. The van der Waals surface area contributed by atoms with Gasteiger partial charge in [-0.25, -0.2) is 0 Å². The highest BCUT2D eigenvalue weighted by molar-refractivity contribution is 6.81. The summed E-state index contributed by atoms with van der Waals surface area (Å²) in [5.74, 6) is 0.545. The molecule has 3 nitrogen and oxygen atoms in total. The fourth-order valence-corrected chi connectivity index (χ4v) is 10.2. The lowest BCUT2D eigenvalue weighted by Crippen LogP contribution is -2.60. The minimum Gasteiger partial charge on any atom is -0.385 e. The molecule has 3 rings (SSSR count). The molecule has 1 N–H and O–H groups in total. The first-order valence-electron chi connectivity index (χ1n) is 10.7. The van der Waals surface area contributed by atoms with Crippen molar-refractivity contribution < 1.29 is 14.6 Å². The van der Waals surface area contributed by atoms with Gasteiger partial charge in [0, 0.05) is 12.5 Å². The molecule has 3 aliphatic rings. The molecule has 0 heterocycles. The molecular formula is C23H40O3Si. The molecule has 5 atom stereocenters. The van der Waals surface area contributed by atoms with Crippen LogP contribution in [-0.4, -0.2) is 38.8 Å². The van der Waals surface area contributed by atoms with Gasteiger partial charge in [0.25, 0.3) is 0 Å². The molecule has 1 spiro atoms.